The maximum absolute atomic E-state index is 13.0. The van der Waals surface area contributed by atoms with Crippen molar-refractivity contribution in [2.45, 2.75) is 65.8 Å². The fraction of sp³-hybridized carbons (Fsp3) is 0.480. The SMILES string of the molecule is CC[C@@H](NC(=O)CN(c1c(C)cc(C)cc1C)S(C)(=O)=O)c1ccc2c(c1)CCCC2. The number of rotatable bonds is 7. The van der Waals surface area contributed by atoms with Crippen LogP contribution in [0.1, 0.15) is 65.6 Å². The molecular weight excluding hydrogens is 408 g/mol. The Morgan fingerprint density at radius 2 is 1.65 bits per heavy atom. The predicted molar refractivity (Wildman–Crippen MR) is 127 cm³/mol. The highest BCUT2D eigenvalue weighted by atomic mass is 32.2. The third-order valence-electron chi connectivity index (χ3n) is 6.09. The normalized spacial score (nSPS) is 14.6. The van der Waals surface area contributed by atoms with Crippen LogP contribution in [-0.4, -0.2) is 27.1 Å². The maximum Gasteiger partial charge on any atom is 0.241 e. The molecular formula is C25H34N2O3S. The van der Waals surface area contributed by atoms with Crippen LogP contribution in [0.3, 0.4) is 0 Å². The van der Waals surface area contributed by atoms with E-state index in [2.05, 4.69) is 23.5 Å². The van der Waals surface area contributed by atoms with Crippen molar-refractivity contribution in [3.05, 3.63) is 63.7 Å². The average molecular weight is 443 g/mol. The average Bonchev–Trinajstić information content (AvgIpc) is 2.69. The first-order valence-corrected chi connectivity index (χ1v) is 12.9. The van der Waals surface area contributed by atoms with Gasteiger partial charge in [0.2, 0.25) is 15.9 Å². The molecule has 31 heavy (non-hydrogen) atoms. The van der Waals surface area contributed by atoms with Crippen molar-refractivity contribution in [2.24, 2.45) is 0 Å². The summed E-state index contributed by atoms with van der Waals surface area (Å²) in [5, 5.41) is 3.07. The van der Waals surface area contributed by atoms with E-state index in [1.807, 2.05) is 39.8 Å². The van der Waals surface area contributed by atoms with E-state index in [9.17, 15) is 13.2 Å². The molecule has 1 aliphatic rings. The Kier molecular flexibility index (Phi) is 7.10. The first kappa shape index (κ1) is 23.3. The second-order valence-electron chi connectivity index (χ2n) is 8.78. The minimum Gasteiger partial charge on any atom is -0.348 e. The fourth-order valence-corrected chi connectivity index (χ4v) is 5.66. The summed E-state index contributed by atoms with van der Waals surface area (Å²) >= 11 is 0. The lowest BCUT2D eigenvalue weighted by Gasteiger charge is -2.27. The van der Waals surface area contributed by atoms with Crippen molar-refractivity contribution in [1.29, 1.82) is 0 Å². The van der Waals surface area contributed by atoms with Crippen molar-refractivity contribution in [2.75, 3.05) is 17.1 Å². The zero-order valence-electron chi connectivity index (χ0n) is 19.3. The van der Waals surface area contributed by atoms with Gasteiger partial charge in [0, 0.05) is 0 Å². The van der Waals surface area contributed by atoms with Crippen LogP contribution in [0.5, 0.6) is 0 Å². The molecule has 0 aromatic heterocycles. The van der Waals surface area contributed by atoms with Gasteiger partial charge in [-0.25, -0.2) is 8.42 Å². The van der Waals surface area contributed by atoms with E-state index in [-0.39, 0.29) is 18.5 Å². The Morgan fingerprint density at radius 3 is 2.23 bits per heavy atom. The molecule has 1 N–H and O–H groups in total. The molecule has 0 spiro atoms. The summed E-state index contributed by atoms with van der Waals surface area (Å²) in [7, 11) is -3.62. The monoisotopic (exact) mass is 442 g/mol. The van der Waals surface area contributed by atoms with Gasteiger partial charge >= 0.3 is 0 Å². The molecule has 0 radical (unpaired) electrons. The molecule has 0 bridgehead atoms. The molecule has 0 saturated heterocycles. The Labute approximate surface area is 186 Å². The van der Waals surface area contributed by atoms with E-state index in [0.717, 1.165) is 47.8 Å². The number of nitrogens with one attached hydrogen (secondary N) is 1. The van der Waals surface area contributed by atoms with E-state index in [4.69, 9.17) is 0 Å². The zero-order chi connectivity index (χ0) is 22.8. The number of anilines is 1. The lowest BCUT2D eigenvalue weighted by molar-refractivity contribution is -0.120. The van der Waals surface area contributed by atoms with Gasteiger partial charge in [-0.15, -0.1) is 0 Å². The summed E-state index contributed by atoms with van der Waals surface area (Å²) < 4.78 is 26.4. The highest BCUT2D eigenvalue weighted by Gasteiger charge is 2.25. The lowest BCUT2D eigenvalue weighted by atomic mass is 9.89. The molecule has 5 nitrogen and oxygen atoms in total. The topological polar surface area (TPSA) is 66.5 Å². The van der Waals surface area contributed by atoms with Gasteiger partial charge in [-0.1, -0.05) is 42.8 Å². The molecule has 1 amide bonds. The number of carbonyl (C=O) groups is 1. The van der Waals surface area contributed by atoms with Gasteiger partial charge in [-0.3, -0.25) is 9.10 Å². The number of amides is 1. The van der Waals surface area contributed by atoms with Gasteiger partial charge < -0.3 is 5.32 Å². The third-order valence-corrected chi connectivity index (χ3v) is 7.20. The van der Waals surface area contributed by atoms with Crippen molar-refractivity contribution >= 4 is 21.6 Å². The summed E-state index contributed by atoms with van der Waals surface area (Å²) in [6.07, 6.45) is 6.54. The van der Waals surface area contributed by atoms with Crippen LogP contribution in [0.15, 0.2) is 30.3 Å². The number of hydrogen-bond donors (Lipinski definition) is 1. The van der Waals surface area contributed by atoms with Crippen LogP contribution < -0.4 is 9.62 Å². The van der Waals surface area contributed by atoms with Crippen LogP contribution in [-0.2, 0) is 27.7 Å². The Hall–Kier alpha value is -2.34. The quantitative estimate of drug-likeness (QED) is 0.685. The molecule has 6 heteroatoms. The zero-order valence-corrected chi connectivity index (χ0v) is 20.1. The van der Waals surface area contributed by atoms with Gasteiger partial charge in [0.1, 0.15) is 6.54 Å². The fourth-order valence-electron chi connectivity index (χ4n) is 4.69. The Morgan fingerprint density at radius 1 is 1.03 bits per heavy atom. The van der Waals surface area contributed by atoms with Crippen LogP contribution in [0, 0.1) is 20.8 Å². The number of benzene rings is 2. The summed E-state index contributed by atoms with van der Waals surface area (Å²) in [5.74, 6) is -0.297. The Balaban J connectivity index is 1.82. The first-order valence-electron chi connectivity index (χ1n) is 11.1. The van der Waals surface area contributed by atoms with Crippen LogP contribution >= 0.6 is 0 Å². The van der Waals surface area contributed by atoms with Gasteiger partial charge in [-0.05, 0) is 80.7 Å². The van der Waals surface area contributed by atoms with Gasteiger partial charge in [0.05, 0.1) is 18.0 Å². The predicted octanol–water partition coefficient (Wildman–Crippen LogP) is 4.52. The summed E-state index contributed by atoms with van der Waals surface area (Å²) in [6.45, 7) is 7.55. The molecule has 0 aliphatic heterocycles. The van der Waals surface area contributed by atoms with Crippen LogP contribution in [0.4, 0.5) is 5.69 Å². The van der Waals surface area contributed by atoms with Crippen LogP contribution in [0.2, 0.25) is 0 Å². The maximum atomic E-state index is 13.0. The molecule has 2 aromatic carbocycles. The first-order chi connectivity index (χ1) is 14.6. The largest absolute Gasteiger partial charge is 0.348 e. The van der Waals surface area contributed by atoms with E-state index in [1.165, 1.54) is 28.3 Å². The van der Waals surface area contributed by atoms with Gasteiger partial charge in [0.25, 0.3) is 0 Å². The number of hydrogen-bond acceptors (Lipinski definition) is 3. The molecule has 168 valence electrons. The van der Waals surface area contributed by atoms with E-state index < -0.39 is 10.0 Å². The van der Waals surface area contributed by atoms with E-state index in [1.54, 1.807) is 0 Å². The minimum absolute atomic E-state index is 0.138. The standard InChI is InChI=1S/C25H34N2O3S/c1-6-23(22-12-11-20-9-7-8-10-21(20)15-22)26-24(28)16-27(31(5,29)30)25-18(3)13-17(2)14-19(25)4/h11-15,23H,6-10,16H2,1-5H3,(H,26,28)/t23-/m1/s1. The summed E-state index contributed by atoms with van der Waals surface area (Å²) in [4.78, 5) is 13.0. The van der Waals surface area contributed by atoms with Crippen LogP contribution in [0.25, 0.3) is 0 Å². The summed E-state index contributed by atoms with van der Waals surface area (Å²) in [5.41, 5.74) is 7.21. The number of nitrogens with zero attached hydrogens (tertiary/aromatic N) is 1. The van der Waals surface area contributed by atoms with E-state index >= 15 is 0 Å². The molecule has 0 heterocycles. The minimum atomic E-state index is -3.62. The highest BCUT2D eigenvalue weighted by molar-refractivity contribution is 7.92. The van der Waals surface area contributed by atoms with E-state index in [0.29, 0.717) is 5.69 Å². The molecule has 1 aliphatic carbocycles. The number of sulfonamides is 1. The number of carbonyl (C=O) groups excluding carboxylic acids is 1. The molecule has 0 unspecified atom stereocenters. The highest BCUT2D eigenvalue weighted by Crippen LogP contribution is 2.29. The van der Waals surface area contributed by atoms with Crippen molar-refractivity contribution < 1.29 is 13.2 Å². The molecule has 0 saturated carbocycles. The van der Waals surface area contributed by atoms with Crippen molar-refractivity contribution in [3.8, 4) is 0 Å². The number of aryl methyl sites for hydroxylation is 5. The second kappa shape index (κ2) is 9.43. The van der Waals surface area contributed by atoms with Crippen molar-refractivity contribution in [3.63, 3.8) is 0 Å². The lowest BCUT2D eigenvalue weighted by Crippen LogP contribution is -2.42. The molecule has 0 fully saturated rings. The summed E-state index contributed by atoms with van der Waals surface area (Å²) in [6, 6.07) is 10.2. The Bertz CT molecular complexity index is 1050. The van der Waals surface area contributed by atoms with Gasteiger partial charge in [0.15, 0.2) is 0 Å². The van der Waals surface area contributed by atoms with Gasteiger partial charge in [-0.2, -0.15) is 0 Å². The molecule has 2 aromatic rings. The van der Waals surface area contributed by atoms with Crippen molar-refractivity contribution in [1.82, 2.24) is 5.32 Å². The third kappa shape index (κ3) is 5.48. The molecule has 3 rings (SSSR count). The second-order valence-corrected chi connectivity index (χ2v) is 10.7. The smallest absolute Gasteiger partial charge is 0.241 e. The molecule has 1 atom stereocenters. The number of fused-ring (bicyclic) bond motifs is 1.